The summed E-state index contributed by atoms with van der Waals surface area (Å²) < 4.78 is 25.0. The molecule has 0 amide bonds. The molecule has 13 heavy (non-hydrogen) atoms. The Labute approximate surface area is 80.2 Å². The van der Waals surface area contributed by atoms with Gasteiger partial charge in [-0.2, -0.15) is 4.31 Å². The smallest absolute Gasteiger partial charge is 0.212 e. The van der Waals surface area contributed by atoms with Crippen LogP contribution in [0.15, 0.2) is 0 Å². The average molecular weight is 203 g/mol. The molecule has 2 unspecified atom stereocenters. The maximum atomic E-state index is 12.0. The first-order valence-corrected chi connectivity index (χ1v) is 6.33. The van der Waals surface area contributed by atoms with Gasteiger partial charge in [0, 0.05) is 12.1 Å². The van der Waals surface area contributed by atoms with E-state index in [1.165, 1.54) is 6.42 Å². The second-order valence-corrected chi connectivity index (χ2v) is 7.61. The van der Waals surface area contributed by atoms with Crippen LogP contribution in [-0.2, 0) is 10.0 Å². The third-order valence-corrected chi connectivity index (χ3v) is 5.70. The van der Waals surface area contributed by atoms with Gasteiger partial charge in [-0.25, -0.2) is 8.42 Å². The predicted octanol–water partition coefficient (Wildman–Crippen LogP) is 1.35. The molecule has 0 aromatic rings. The Morgan fingerprint density at radius 3 is 2.00 bits per heavy atom. The summed E-state index contributed by atoms with van der Waals surface area (Å²) in [5.41, 5.74) is 0. The summed E-state index contributed by atoms with van der Waals surface area (Å²) in [6.07, 6.45) is 3.34. The van der Waals surface area contributed by atoms with Gasteiger partial charge in [-0.3, -0.25) is 0 Å². The van der Waals surface area contributed by atoms with Gasteiger partial charge < -0.3 is 0 Å². The van der Waals surface area contributed by atoms with E-state index in [2.05, 4.69) is 0 Å². The minimum absolute atomic E-state index is 0.351. The number of rotatable bonds is 1. The van der Waals surface area contributed by atoms with Crippen molar-refractivity contribution in [2.75, 3.05) is 0 Å². The summed E-state index contributed by atoms with van der Waals surface area (Å²) in [7, 11) is -3.03. The molecule has 3 nitrogen and oxygen atoms in total. The van der Waals surface area contributed by atoms with Gasteiger partial charge >= 0.3 is 0 Å². The zero-order valence-electron chi connectivity index (χ0n) is 8.45. The largest absolute Gasteiger partial charge is 0.219 e. The molecule has 4 heteroatoms. The molecule has 2 fully saturated rings. The van der Waals surface area contributed by atoms with Crippen molar-refractivity contribution in [3.05, 3.63) is 0 Å². The molecule has 0 radical (unpaired) electrons. The highest BCUT2D eigenvalue weighted by Gasteiger charge is 2.59. The van der Waals surface area contributed by atoms with Crippen molar-refractivity contribution in [3.63, 3.8) is 0 Å². The molecule has 1 aliphatic carbocycles. The van der Waals surface area contributed by atoms with Gasteiger partial charge in [0.25, 0.3) is 0 Å². The van der Waals surface area contributed by atoms with E-state index in [-0.39, 0.29) is 0 Å². The van der Waals surface area contributed by atoms with E-state index < -0.39 is 14.8 Å². The summed E-state index contributed by atoms with van der Waals surface area (Å²) >= 11 is 0. The zero-order chi connectivity index (χ0) is 9.85. The van der Waals surface area contributed by atoms with Crippen LogP contribution < -0.4 is 0 Å². The number of hydrogen-bond donors (Lipinski definition) is 0. The first-order chi connectivity index (χ1) is 5.86. The molecule has 2 aliphatic rings. The molecule has 76 valence electrons. The molecule has 2 atom stereocenters. The third kappa shape index (κ3) is 1.22. The fraction of sp³-hybridized carbons (Fsp3) is 1.00. The second-order valence-electron chi connectivity index (χ2n) is 5.01. The van der Waals surface area contributed by atoms with E-state index in [0.29, 0.717) is 12.1 Å². The molecule has 1 saturated heterocycles. The average Bonchev–Trinajstić information content (AvgIpc) is 2.46. The Morgan fingerprint density at radius 1 is 1.15 bits per heavy atom. The molecule has 2 rings (SSSR count). The molecular weight excluding hydrogens is 186 g/mol. The maximum Gasteiger partial charge on any atom is 0.219 e. The minimum atomic E-state index is -3.03. The van der Waals surface area contributed by atoms with E-state index in [1.54, 1.807) is 25.1 Å². The number of sulfonamides is 1. The number of fused-ring (bicyclic) bond motifs is 1. The summed E-state index contributed by atoms with van der Waals surface area (Å²) in [4.78, 5) is 0. The zero-order valence-corrected chi connectivity index (χ0v) is 9.26. The van der Waals surface area contributed by atoms with Crippen LogP contribution in [0.4, 0.5) is 0 Å². The van der Waals surface area contributed by atoms with Crippen LogP contribution in [0.2, 0.25) is 0 Å². The van der Waals surface area contributed by atoms with Gasteiger partial charge in [-0.05, 0) is 33.6 Å². The summed E-state index contributed by atoms with van der Waals surface area (Å²) in [6.45, 7) is 5.32. The number of nitrogens with zero attached hydrogens (tertiary/aromatic N) is 1. The van der Waals surface area contributed by atoms with Crippen LogP contribution in [-0.4, -0.2) is 29.6 Å². The Balaban J connectivity index is 2.20. The second kappa shape index (κ2) is 2.48. The highest BCUT2D eigenvalue weighted by Crippen LogP contribution is 2.47. The maximum absolute atomic E-state index is 12.0. The topological polar surface area (TPSA) is 37.1 Å². The Morgan fingerprint density at radius 2 is 1.62 bits per heavy atom. The highest BCUT2D eigenvalue weighted by atomic mass is 32.2. The van der Waals surface area contributed by atoms with Crippen LogP contribution in [0.5, 0.6) is 0 Å². The number of piperidine rings is 1. The molecule has 0 aromatic carbocycles. The van der Waals surface area contributed by atoms with E-state index in [9.17, 15) is 8.42 Å². The van der Waals surface area contributed by atoms with Crippen molar-refractivity contribution in [2.24, 2.45) is 0 Å². The van der Waals surface area contributed by atoms with Gasteiger partial charge in [-0.1, -0.05) is 6.42 Å². The van der Waals surface area contributed by atoms with Gasteiger partial charge in [-0.15, -0.1) is 0 Å². The SMILES string of the molecule is CC(C)(C)S(=O)(=O)N1C2CCCC21. The van der Waals surface area contributed by atoms with E-state index >= 15 is 0 Å². The van der Waals surface area contributed by atoms with Gasteiger partial charge in [0.2, 0.25) is 10.0 Å². The Kier molecular flexibility index (Phi) is 1.81. The normalized spacial score (nSPS) is 38.8. The Bertz CT molecular complexity index is 305. The van der Waals surface area contributed by atoms with Gasteiger partial charge in [0.15, 0.2) is 0 Å². The molecule has 0 bridgehead atoms. The molecule has 0 spiro atoms. The number of hydrogen-bond acceptors (Lipinski definition) is 2. The monoisotopic (exact) mass is 203 g/mol. The Hall–Kier alpha value is -0.0900. The predicted molar refractivity (Wildman–Crippen MR) is 51.9 cm³/mol. The van der Waals surface area contributed by atoms with E-state index in [1.807, 2.05) is 0 Å². The lowest BCUT2D eigenvalue weighted by atomic mass is 10.3. The van der Waals surface area contributed by atoms with Gasteiger partial charge in [0.05, 0.1) is 4.75 Å². The molecule has 1 heterocycles. The lowest BCUT2D eigenvalue weighted by Crippen LogP contribution is -2.35. The van der Waals surface area contributed by atoms with Crippen LogP contribution in [0, 0.1) is 0 Å². The molecule has 0 N–H and O–H groups in total. The molecule has 1 saturated carbocycles. The minimum Gasteiger partial charge on any atom is -0.212 e. The first kappa shape index (κ1) is 9.46. The molecular formula is C9H17NO2S. The fourth-order valence-electron chi connectivity index (χ4n) is 2.16. The van der Waals surface area contributed by atoms with Crippen LogP contribution >= 0.6 is 0 Å². The van der Waals surface area contributed by atoms with Gasteiger partial charge in [0.1, 0.15) is 0 Å². The van der Waals surface area contributed by atoms with E-state index in [0.717, 1.165) is 12.8 Å². The third-order valence-electron chi connectivity index (χ3n) is 3.06. The van der Waals surface area contributed by atoms with Crippen LogP contribution in [0.1, 0.15) is 40.0 Å². The first-order valence-electron chi connectivity index (χ1n) is 4.89. The summed E-state index contributed by atoms with van der Waals surface area (Å²) in [5.74, 6) is 0. The van der Waals surface area contributed by atoms with E-state index in [4.69, 9.17) is 0 Å². The lowest BCUT2D eigenvalue weighted by Gasteiger charge is -2.21. The van der Waals surface area contributed by atoms with Crippen molar-refractivity contribution in [1.29, 1.82) is 0 Å². The summed E-state index contributed by atoms with van der Waals surface area (Å²) in [5, 5.41) is 0. The summed E-state index contributed by atoms with van der Waals surface area (Å²) in [6, 6.07) is 0.702. The molecule has 1 aliphatic heterocycles. The lowest BCUT2D eigenvalue weighted by molar-refractivity contribution is 0.488. The quantitative estimate of drug-likeness (QED) is 0.603. The fourth-order valence-corrected chi connectivity index (χ4v) is 3.94. The van der Waals surface area contributed by atoms with Crippen LogP contribution in [0.25, 0.3) is 0 Å². The molecule has 0 aromatic heterocycles. The van der Waals surface area contributed by atoms with Crippen molar-refractivity contribution in [1.82, 2.24) is 4.31 Å². The van der Waals surface area contributed by atoms with Crippen LogP contribution in [0.3, 0.4) is 0 Å². The van der Waals surface area contributed by atoms with Crippen molar-refractivity contribution < 1.29 is 8.42 Å². The van der Waals surface area contributed by atoms with Crippen molar-refractivity contribution in [3.8, 4) is 0 Å². The standard InChI is InChI=1S/C9H17NO2S/c1-9(2,3)13(11,12)10-7-5-4-6-8(7)10/h7-8H,4-6H2,1-3H3. The van der Waals surface area contributed by atoms with Crippen molar-refractivity contribution in [2.45, 2.75) is 56.9 Å². The van der Waals surface area contributed by atoms with Crippen molar-refractivity contribution >= 4 is 10.0 Å². The highest BCUT2D eigenvalue weighted by molar-refractivity contribution is 7.90.